The van der Waals surface area contributed by atoms with E-state index in [4.69, 9.17) is 0 Å². The zero-order valence-corrected chi connectivity index (χ0v) is 18.3. The molecule has 0 aromatic heterocycles. The molecule has 2 aromatic carbocycles. The zero-order chi connectivity index (χ0) is 21.6. The van der Waals surface area contributed by atoms with E-state index in [0.29, 0.717) is 6.04 Å². The van der Waals surface area contributed by atoms with Gasteiger partial charge in [0.1, 0.15) is 0 Å². The van der Waals surface area contributed by atoms with E-state index in [9.17, 15) is 9.59 Å². The largest absolute Gasteiger partial charge is 0.385 e. The van der Waals surface area contributed by atoms with Gasteiger partial charge in [-0.05, 0) is 42.8 Å². The molecule has 0 unspecified atom stereocenters. The van der Waals surface area contributed by atoms with E-state index < -0.39 is 0 Å². The fourth-order valence-corrected chi connectivity index (χ4v) is 4.23. The Morgan fingerprint density at radius 1 is 0.839 bits per heavy atom. The average molecular weight is 421 g/mol. The van der Waals surface area contributed by atoms with E-state index in [1.807, 2.05) is 64.4 Å². The normalized spacial score (nSPS) is 17.3. The van der Waals surface area contributed by atoms with Gasteiger partial charge in [-0.15, -0.1) is 0 Å². The summed E-state index contributed by atoms with van der Waals surface area (Å²) in [5.41, 5.74) is 2.56. The second-order valence-corrected chi connectivity index (χ2v) is 8.42. The molecule has 2 heterocycles. The van der Waals surface area contributed by atoms with Gasteiger partial charge in [0.25, 0.3) is 11.8 Å². The molecular formula is C25H32N4O2. The molecular weight excluding hydrogens is 388 g/mol. The Labute approximate surface area is 184 Å². The first-order valence-corrected chi connectivity index (χ1v) is 11.4. The number of rotatable bonds is 7. The van der Waals surface area contributed by atoms with E-state index in [2.05, 4.69) is 17.1 Å². The Morgan fingerprint density at radius 2 is 1.45 bits per heavy atom. The van der Waals surface area contributed by atoms with Crippen LogP contribution in [0.4, 0.5) is 5.69 Å². The molecule has 6 heteroatoms. The maximum absolute atomic E-state index is 12.8. The predicted molar refractivity (Wildman–Crippen MR) is 123 cm³/mol. The molecule has 31 heavy (non-hydrogen) atoms. The lowest BCUT2D eigenvalue weighted by Crippen LogP contribution is -2.64. The number of hydrogen-bond donors (Lipinski definition) is 1. The standard InChI is InChI=1S/C25H32N4O2/c1-2-3-13-26-22-11-9-21(10-12-22)25(31)29-18-23(19-29)27-14-16-28(17-15-27)24(30)20-7-5-4-6-8-20/h4-12,23,26H,2-3,13-19H2,1H3. The van der Waals surface area contributed by atoms with Crippen LogP contribution in [0.1, 0.15) is 40.5 Å². The van der Waals surface area contributed by atoms with Crippen molar-refractivity contribution in [3.63, 3.8) is 0 Å². The summed E-state index contributed by atoms with van der Waals surface area (Å²) in [6.07, 6.45) is 2.31. The Hall–Kier alpha value is -2.86. The number of piperazine rings is 1. The summed E-state index contributed by atoms with van der Waals surface area (Å²) in [6.45, 7) is 7.88. The van der Waals surface area contributed by atoms with Gasteiger partial charge in [0, 0.05) is 68.7 Å². The zero-order valence-electron chi connectivity index (χ0n) is 18.3. The predicted octanol–water partition coefficient (Wildman–Crippen LogP) is 3.18. The Bertz CT molecular complexity index is 870. The average Bonchev–Trinajstić information content (AvgIpc) is 2.79. The fraction of sp³-hybridized carbons (Fsp3) is 0.440. The van der Waals surface area contributed by atoms with Crippen LogP contribution < -0.4 is 5.32 Å². The van der Waals surface area contributed by atoms with Gasteiger partial charge in [0.2, 0.25) is 0 Å². The van der Waals surface area contributed by atoms with Crippen molar-refractivity contribution in [2.75, 3.05) is 51.1 Å². The third-order valence-corrected chi connectivity index (χ3v) is 6.28. The molecule has 0 saturated carbocycles. The number of hydrogen-bond acceptors (Lipinski definition) is 4. The molecule has 0 aliphatic carbocycles. The second-order valence-electron chi connectivity index (χ2n) is 8.42. The molecule has 2 fully saturated rings. The summed E-state index contributed by atoms with van der Waals surface area (Å²) in [7, 11) is 0. The van der Waals surface area contributed by atoms with Crippen molar-refractivity contribution < 1.29 is 9.59 Å². The van der Waals surface area contributed by atoms with Crippen molar-refractivity contribution in [3.8, 4) is 0 Å². The molecule has 2 amide bonds. The van der Waals surface area contributed by atoms with Gasteiger partial charge in [-0.25, -0.2) is 0 Å². The van der Waals surface area contributed by atoms with Crippen LogP contribution in [-0.4, -0.2) is 78.4 Å². The van der Waals surface area contributed by atoms with E-state index in [1.165, 1.54) is 0 Å². The summed E-state index contributed by atoms with van der Waals surface area (Å²) in [4.78, 5) is 31.6. The van der Waals surface area contributed by atoms with Crippen molar-refractivity contribution in [1.29, 1.82) is 0 Å². The molecule has 0 atom stereocenters. The molecule has 2 aliphatic heterocycles. The molecule has 2 aliphatic rings. The molecule has 2 aromatic rings. The summed E-state index contributed by atoms with van der Waals surface area (Å²) >= 11 is 0. The molecule has 0 radical (unpaired) electrons. The topological polar surface area (TPSA) is 55.9 Å². The van der Waals surface area contributed by atoms with Crippen LogP contribution in [0, 0.1) is 0 Å². The Morgan fingerprint density at radius 3 is 2.10 bits per heavy atom. The minimum atomic E-state index is 0.106. The number of unbranched alkanes of at least 4 members (excludes halogenated alkanes) is 1. The van der Waals surface area contributed by atoms with Gasteiger partial charge < -0.3 is 15.1 Å². The minimum Gasteiger partial charge on any atom is -0.385 e. The van der Waals surface area contributed by atoms with Crippen molar-refractivity contribution >= 4 is 17.5 Å². The first-order chi connectivity index (χ1) is 15.2. The molecule has 0 spiro atoms. The van der Waals surface area contributed by atoms with Crippen molar-refractivity contribution in [3.05, 3.63) is 65.7 Å². The summed E-state index contributed by atoms with van der Waals surface area (Å²) in [5, 5.41) is 3.38. The van der Waals surface area contributed by atoms with Gasteiger partial charge in [0.05, 0.1) is 0 Å². The van der Waals surface area contributed by atoms with E-state index in [-0.39, 0.29) is 11.8 Å². The van der Waals surface area contributed by atoms with Gasteiger partial charge in [0.15, 0.2) is 0 Å². The van der Waals surface area contributed by atoms with Crippen molar-refractivity contribution in [2.24, 2.45) is 0 Å². The third kappa shape index (κ3) is 5.07. The first kappa shape index (κ1) is 21.4. The molecule has 1 N–H and O–H groups in total. The number of carbonyl (C=O) groups excluding carboxylic acids is 2. The highest BCUT2D eigenvalue weighted by molar-refractivity contribution is 5.95. The van der Waals surface area contributed by atoms with E-state index >= 15 is 0 Å². The van der Waals surface area contributed by atoms with Crippen LogP contribution in [0.25, 0.3) is 0 Å². The second kappa shape index (κ2) is 9.96. The van der Waals surface area contributed by atoms with Crippen molar-refractivity contribution in [1.82, 2.24) is 14.7 Å². The number of likely N-dealkylation sites (tertiary alicyclic amines) is 1. The Kier molecular flexibility index (Phi) is 6.87. The lowest BCUT2D eigenvalue weighted by Gasteiger charge is -2.48. The monoisotopic (exact) mass is 420 g/mol. The number of carbonyl (C=O) groups is 2. The lowest BCUT2D eigenvalue weighted by molar-refractivity contribution is 0.00854. The van der Waals surface area contributed by atoms with Gasteiger partial charge in [-0.1, -0.05) is 31.5 Å². The van der Waals surface area contributed by atoms with Gasteiger partial charge in [-0.3, -0.25) is 14.5 Å². The first-order valence-electron chi connectivity index (χ1n) is 11.4. The molecule has 4 rings (SSSR count). The maximum atomic E-state index is 12.8. The minimum absolute atomic E-state index is 0.106. The van der Waals surface area contributed by atoms with Crippen LogP contribution in [0.3, 0.4) is 0 Å². The van der Waals surface area contributed by atoms with Gasteiger partial charge >= 0.3 is 0 Å². The molecule has 6 nitrogen and oxygen atoms in total. The number of nitrogens with one attached hydrogen (secondary N) is 1. The third-order valence-electron chi connectivity index (χ3n) is 6.28. The highest BCUT2D eigenvalue weighted by Gasteiger charge is 2.36. The van der Waals surface area contributed by atoms with E-state index in [0.717, 1.165) is 75.5 Å². The van der Waals surface area contributed by atoms with Crippen LogP contribution in [0.5, 0.6) is 0 Å². The smallest absolute Gasteiger partial charge is 0.253 e. The number of benzene rings is 2. The van der Waals surface area contributed by atoms with Crippen LogP contribution in [0.2, 0.25) is 0 Å². The van der Waals surface area contributed by atoms with E-state index in [1.54, 1.807) is 0 Å². The Balaban J connectivity index is 1.22. The SMILES string of the molecule is CCCCNc1ccc(C(=O)N2CC(N3CCN(C(=O)c4ccccc4)CC3)C2)cc1. The summed E-state index contributed by atoms with van der Waals surface area (Å²) in [5.74, 6) is 0.215. The fourth-order valence-electron chi connectivity index (χ4n) is 4.23. The van der Waals surface area contributed by atoms with Crippen LogP contribution in [0.15, 0.2) is 54.6 Å². The molecule has 2 saturated heterocycles. The number of nitrogens with zero attached hydrogens (tertiary/aromatic N) is 3. The number of amides is 2. The van der Waals surface area contributed by atoms with Gasteiger partial charge in [-0.2, -0.15) is 0 Å². The van der Waals surface area contributed by atoms with Crippen molar-refractivity contribution in [2.45, 2.75) is 25.8 Å². The molecule has 164 valence electrons. The maximum Gasteiger partial charge on any atom is 0.253 e. The highest BCUT2D eigenvalue weighted by atomic mass is 16.2. The summed E-state index contributed by atoms with van der Waals surface area (Å²) in [6, 6.07) is 17.7. The highest BCUT2D eigenvalue weighted by Crippen LogP contribution is 2.21. The number of anilines is 1. The molecule has 0 bridgehead atoms. The summed E-state index contributed by atoms with van der Waals surface area (Å²) < 4.78 is 0. The van der Waals surface area contributed by atoms with Crippen LogP contribution in [-0.2, 0) is 0 Å². The quantitative estimate of drug-likeness (QED) is 0.699. The van der Waals surface area contributed by atoms with Crippen LogP contribution >= 0.6 is 0 Å². The lowest BCUT2D eigenvalue weighted by atomic mass is 10.0.